The third kappa shape index (κ3) is 6.24. The quantitative estimate of drug-likeness (QED) is 0.627. The van der Waals surface area contributed by atoms with Gasteiger partial charge in [-0.25, -0.2) is 8.42 Å². The van der Waals surface area contributed by atoms with Crippen LogP contribution >= 0.6 is 0 Å². The first-order valence-corrected chi connectivity index (χ1v) is 8.99. The predicted octanol–water partition coefficient (Wildman–Crippen LogP) is 4.46. The monoisotopic (exact) mass is 282 g/mol. The van der Waals surface area contributed by atoms with Crippen LogP contribution in [0.1, 0.15) is 52.4 Å². The lowest BCUT2D eigenvalue weighted by Crippen LogP contribution is -2.10. The van der Waals surface area contributed by atoms with Crippen LogP contribution < -0.4 is 0 Å². The maximum Gasteiger partial charge on any atom is 0.178 e. The second kappa shape index (κ2) is 8.36. The molecule has 0 aromatic heterocycles. The highest BCUT2D eigenvalue weighted by molar-refractivity contribution is 7.91. The van der Waals surface area contributed by atoms with E-state index >= 15 is 0 Å². The second-order valence-corrected chi connectivity index (χ2v) is 7.48. The maximum atomic E-state index is 12.1. The lowest BCUT2D eigenvalue weighted by Gasteiger charge is -2.11. The van der Waals surface area contributed by atoms with Crippen LogP contribution in [-0.4, -0.2) is 14.2 Å². The van der Waals surface area contributed by atoms with E-state index in [-0.39, 0.29) is 5.75 Å². The van der Waals surface area contributed by atoms with Crippen LogP contribution in [0.4, 0.5) is 0 Å². The van der Waals surface area contributed by atoms with Crippen molar-refractivity contribution in [1.82, 2.24) is 0 Å². The van der Waals surface area contributed by atoms with E-state index in [2.05, 4.69) is 13.8 Å². The number of hydrogen-bond acceptors (Lipinski definition) is 2. The molecule has 1 aromatic rings. The molecule has 108 valence electrons. The molecule has 0 unspecified atom stereocenters. The Hall–Kier alpha value is -0.830. The highest BCUT2D eigenvalue weighted by Gasteiger charge is 2.15. The molecule has 0 fully saturated rings. The second-order valence-electron chi connectivity index (χ2n) is 5.38. The van der Waals surface area contributed by atoms with Gasteiger partial charge in [0.25, 0.3) is 0 Å². The minimum atomic E-state index is -3.09. The Morgan fingerprint density at radius 2 is 1.68 bits per heavy atom. The van der Waals surface area contributed by atoms with E-state index in [9.17, 15) is 8.42 Å². The Balaban J connectivity index is 2.35. The van der Waals surface area contributed by atoms with Crippen LogP contribution in [0, 0.1) is 5.92 Å². The molecule has 0 radical (unpaired) electrons. The Kier molecular flexibility index (Phi) is 7.14. The van der Waals surface area contributed by atoms with E-state index in [1.807, 2.05) is 6.07 Å². The predicted molar refractivity (Wildman–Crippen MR) is 81.0 cm³/mol. The zero-order valence-electron chi connectivity index (χ0n) is 12.1. The average molecular weight is 282 g/mol. The minimum absolute atomic E-state index is 0.270. The summed E-state index contributed by atoms with van der Waals surface area (Å²) in [7, 11) is -3.09. The van der Waals surface area contributed by atoms with Crippen LogP contribution in [0.25, 0.3) is 0 Å². The molecule has 0 saturated heterocycles. The van der Waals surface area contributed by atoms with Crippen LogP contribution in [-0.2, 0) is 9.84 Å². The van der Waals surface area contributed by atoms with E-state index in [1.165, 1.54) is 25.7 Å². The summed E-state index contributed by atoms with van der Waals surface area (Å²) in [6.45, 7) is 4.36. The van der Waals surface area contributed by atoms with Gasteiger partial charge in [0.05, 0.1) is 10.6 Å². The number of hydrogen-bond donors (Lipinski definition) is 0. The molecule has 0 saturated carbocycles. The lowest BCUT2D eigenvalue weighted by atomic mass is 10.0. The summed E-state index contributed by atoms with van der Waals surface area (Å²) < 4.78 is 24.2. The topological polar surface area (TPSA) is 34.1 Å². The molecule has 19 heavy (non-hydrogen) atoms. The largest absolute Gasteiger partial charge is 0.224 e. The molecule has 1 rings (SSSR count). The highest BCUT2D eigenvalue weighted by Crippen LogP contribution is 2.18. The van der Waals surface area contributed by atoms with Crippen molar-refractivity contribution in [3.8, 4) is 0 Å². The SMILES string of the molecule is CCCCCC[C@@H](C)CCS(=O)(=O)c1ccccc1. The van der Waals surface area contributed by atoms with Gasteiger partial charge < -0.3 is 0 Å². The molecule has 0 aliphatic rings. The lowest BCUT2D eigenvalue weighted by molar-refractivity contribution is 0.474. The summed E-state index contributed by atoms with van der Waals surface area (Å²) in [5.41, 5.74) is 0. The van der Waals surface area contributed by atoms with Gasteiger partial charge >= 0.3 is 0 Å². The molecule has 0 heterocycles. The van der Waals surface area contributed by atoms with Crippen molar-refractivity contribution < 1.29 is 8.42 Å². The van der Waals surface area contributed by atoms with Crippen LogP contribution in [0.2, 0.25) is 0 Å². The summed E-state index contributed by atoms with van der Waals surface area (Å²) in [6, 6.07) is 8.76. The van der Waals surface area contributed by atoms with Gasteiger partial charge in [0.2, 0.25) is 0 Å². The fourth-order valence-corrected chi connectivity index (χ4v) is 3.69. The molecule has 0 amide bonds. The van der Waals surface area contributed by atoms with Crippen molar-refractivity contribution in [2.24, 2.45) is 5.92 Å². The van der Waals surface area contributed by atoms with E-state index in [0.717, 1.165) is 12.8 Å². The summed E-state index contributed by atoms with van der Waals surface area (Å²) in [4.78, 5) is 0.452. The van der Waals surface area contributed by atoms with Gasteiger partial charge in [0.15, 0.2) is 9.84 Å². The number of unbranched alkanes of at least 4 members (excludes halogenated alkanes) is 3. The first-order chi connectivity index (χ1) is 9.06. The maximum absolute atomic E-state index is 12.1. The van der Waals surface area contributed by atoms with E-state index < -0.39 is 9.84 Å². The molecule has 0 aliphatic carbocycles. The Morgan fingerprint density at radius 1 is 1.00 bits per heavy atom. The molecule has 0 spiro atoms. The third-order valence-corrected chi connectivity index (χ3v) is 5.30. The summed E-state index contributed by atoms with van der Waals surface area (Å²) in [5, 5.41) is 0. The molecule has 0 N–H and O–H groups in total. The van der Waals surface area contributed by atoms with Crippen molar-refractivity contribution in [3.05, 3.63) is 30.3 Å². The van der Waals surface area contributed by atoms with Gasteiger partial charge in [-0.1, -0.05) is 64.2 Å². The Bertz CT molecular complexity index is 437. The van der Waals surface area contributed by atoms with Crippen molar-refractivity contribution in [3.63, 3.8) is 0 Å². The normalized spacial score (nSPS) is 13.4. The van der Waals surface area contributed by atoms with Crippen LogP contribution in [0.3, 0.4) is 0 Å². The van der Waals surface area contributed by atoms with Gasteiger partial charge in [0.1, 0.15) is 0 Å². The molecular formula is C16H26O2S. The molecule has 2 nitrogen and oxygen atoms in total. The first kappa shape index (κ1) is 16.2. The van der Waals surface area contributed by atoms with Crippen molar-refractivity contribution in [1.29, 1.82) is 0 Å². The molecule has 1 atom stereocenters. The third-order valence-electron chi connectivity index (χ3n) is 3.53. The standard InChI is InChI=1S/C16H26O2S/c1-3-4-5-7-10-15(2)13-14-19(17,18)16-11-8-6-9-12-16/h6,8-9,11-12,15H,3-5,7,10,13-14H2,1-2H3/t15-/m1/s1. The van der Waals surface area contributed by atoms with E-state index in [4.69, 9.17) is 0 Å². The number of rotatable bonds is 9. The highest BCUT2D eigenvalue weighted by atomic mass is 32.2. The van der Waals surface area contributed by atoms with Gasteiger partial charge in [-0.2, -0.15) is 0 Å². The summed E-state index contributed by atoms with van der Waals surface area (Å²) in [6.07, 6.45) is 6.94. The first-order valence-electron chi connectivity index (χ1n) is 7.34. The smallest absolute Gasteiger partial charge is 0.178 e. The number of benzene rings is 1. The minimum Gasteiger partial charge on any atom is -0.224 e. The average Bonchev–Trinajstić information content (AvgIpc) is 2.42. The Morgan fingerprint density at radius 3 is 2.32 bits per heavy atom. The van der Waals surface area contributed by atoms with Crippen molar-refractivity contribution in [2.45, 2.75) is 57.3 Å². The van der Waals surface area contributed by atoms with Crippen LogP contribution in [0.15, 0.2) is 35.2 Å². The molecule has 1 aromatic carbocycles. The molecule has 3 heteroatoms. The fraction of sp³-hybridized carbons (Fsp3) is 0.625. The van der Waals surface area contributed by atoms with Gasteiger partial charge in [-0.15, -0.1) is 0 Å². The zero-order valence-corrected chi connectivity index (χ0v) is 13.0. The molecule has 0 bridgehead atoms. The summed E-state index contributed by atoms with van der Waals surface area (Å²) in [5.74, 6) is 0.765. The van der Waals surface area contributed by atoms with Crippen LogP contribution in [0.5, 0.6) is 0 Å². The van der Waals surface area contributed by atoms with E-state index in [1.54, 1.807) is 24.3 Å². The number of sulfone groups is 1. The van der Waals surface area contributed by atoms with Gasteiger partial charge in [0, 0.05) is 0 Å². The van der Waals surface area contributed by atoms with Crippen molar-refractivity contribution in [2.75, 3.05) is 5.75 Å². The summed E-state index contributed by atoms with van der Waals surface area (Å²) >= 11 is 0. The van der Waals surface area contributed by atoms with Gasteiger partial charge in [-0.05, 0) is 24.5 Å². The fourth-order valence-electron chi connectivity index (χ4n) is 2.17. The van der Waals surface area contributed by atoms with Gasteiger partial charge in [-0.3, -0.25) is 0 Å². The molecular weight excluding hydrogens is 256 g/mol. The zero-order chi connectivity index (χ0) is 14.1. The van der Waals surface area contributed by atoms with E-state index in [0.29, 0.717) is 10.8 Å². The Labute approximate surface area is 118 Å². The van der Waals surface area contributed by atoms with Crippen molar-refractivity contribution >= 4 is 9.84 Å². The molecule has 0 aliphatic heterocycles.